The summed E-state index contributed by atoms with van der Waals surface area (Å²) < 4.78 is 0. The summed E-state index contributed by atoms with van der Waals surface area (Å²) in [7, 11) is 0. The van der Waals surface area contributed by atoms with Gasteiger partial charge in [0.1, 0.15) is 0 Å². The van der Waals surface area contributed by atoms with E-state index < -0.39 is 5.97 Å². The van der Waals surface area contributed by atoms with Gasteiger partial charge in [-0.05, 0) is 30.5 Å². The van der Waals surface area contributed by atoms with E-state index in [2.05, 4.69) is 4.98 Å². The van der Waals surface area contributed by atoms with Gasteiger partial charge in [0.25, 0.3) is 0 Å². The number of aromatic nitrogens is 1. The van der Waals surface area contributed by atoms with Crippen LogP contribution >= 0.6 is 11.6 Å². The number of aromatic amines is 1. The van der Waals surface area contributed by atoms with Crippen molar-refractivity contribution in [2.75, 3.05) is 0 Å². The van der Waals surface area contributed by atoms with Crippen LogP contribution in [0.15, 0.2) is 18.2 Å². The van der Waals surface area contributed by atoms with E-state index in [9.17, 15) is 4.79 Å². The standard InChI is InChI=1S/C12H10ClNO2/c13-6-1-2-7-8-3-4-9(12(15)16)11(8)14-10(7)5-6/h1-2,5,9,14H,3-4H2,(H,15,16). The number of carboxylic acids is 1. The second kappa shape index (κ2) is 3.25. The summed E-state index contributed by atoms with van der Waals surface area (Å²) in [5.74, 6) is -1.14. The van der Waals surface area contributed by atoms with E-state index in [0.717, 1.165) is 28.6 Å². The molecule has 82 valence electrons. The molecule has 0 radical (unpaired) electrons. The van der Waals surface area contributed by atoms with Crippen LogP contribution in [0.2, 0.25) is 5.02 Å². The van der Waals surface area contributed by atoms with Crippen molar-refractivity contribution in [1.82, 2.24) is 4.98 Å². The van der Waals surface area contributed by atoms with Crippen LogP contribution in [0.3, 0.4) is 0 Å². The summed E-state index contributed by atoms with van der Waals surface area (Å²) in [4.78, 5) is 14.2. The van der Waals surface area contributed by atoms with Crippen LogP contribution in [0, 0.1) is 0 Å². The summed E-state index contributed by atoms with van der Waals surface area (Å²) in [5, 5.41) is 10.9. The molecule has 3 rings (SSSR count). The van der Waals surface area contributed by atoms with Gasteiger partial charge in [-0.2, -0.15) is 0 Å². The Morgan fingerprint density at radius 1 is 1.50 bits per heavy atom. The van der Waals surface area contributed by atoms with E-state index in [1.807, 2.05) is 18.2 Å². The molecule has 0 bridgehead atoms. The average molecular weight is 236 g/mol. The van der Waals surface area contributed by atoms with Gasteiger partial charge >= 0.3 is 5.97 Å². The highest BCUT2D eigenvalue weighted by atomic mass is 35.5. The third-order valence-electron chi connectivity index (χ3n) is 3.23. The monoisotopic (exact) mass is 235 g/mol. The van der Waals surface area contributed by atoms with Gasteiger partial charge in [0.15, 0.2) is 0 Å². The lowest BCUT2D eigenvalue weighted by Crippen LogP contribution is -2.08. The molecular formula is C12H10ClNO2. The van der Waals surface area contributed by atoms with Gasteiger partial charge in [-0.3, -0.25) is 4.79 Å². The number of aliphatic carboxylic acids is 1. The first-order valence-corrected chi connectivity index (χ1v) is 5.57. The summed E-state index contributed by atoms with van der Waals surface area (Å²) in [5.41, 5.74) is 2.92. The van der Waals surface area contributed by atoms with Gasteiger partial charge in [0.05, 0.1) is 5.92 Å². The third-order valence-corrected chi connectivity index (χ3v) is 3.47. The van der Waals surface area contributed by atoms with Crippen LogP contribution in [0.1, 0.15) is 23.6 Å². The van der Waals surface area contributed by atoms with Crippen molar-refractivity contribution < 1.29 is 9.90 Å². The lowest BCUT2D eigenvalue weighted by Gasteiger charge is -2.01. The number of hydrogen-bond donors (Lipinski definition) is 2. The minimum Gasteiger partial charge on any atom is -0.481 e. The Kier molecular flexibility index (Phi) is 1.98. The van der Waals surface area contributed by atoms with E-state index in [4.69, 9.17) is 16.7 Å². The van der Waals surface area contributed by atoms with Gasteiger partial charge in [-0.1, -0.05) is 17.7 Å². The Balaban J connectivity index is 2.24. The van der Waals surface area contributed by atoms with Crippen molar-refractivity contribution in [3.63, 3.8) is 0 Å². The first-order valence-electron chi connectivity index (χ1n) is 5.19. The zero-order valence-electron chi connectivity index (χ0n) is 8.46. The fraction of sp³-hybridized carbons (Fsp3) is 0.250. The number of H-pyrrole nitrogens is 1. The second-order valence-electron chi connectivity index (χ2n) is 4.14. The molecule has 3 nitrogen and oxygen atoms in total. The van der Waals surface area contributed by atoms with E-state index in [-0.39, 0.29) is 5.92 Å². The van der Waals surface area contributed by atoms with Crippen molar-refractivity contribution >= 4 is 28.5 Å². The van der Waals surface area contributed by atoms with Gasteiger partial charge in [-0.15, -0.1) is 0 Å². The van der Waals surface area contributed by atoms with E-state index in [0.29, 0.717) is 11.4 Å². The maximum absolute atomic E-state index is 11.1. The minimum absolute atomic E-state index is 0.388. The molecule has 1 aliphatic carbocycles. The minimum atomic E-state index is -0.753. The van der Waals surface area contributed by atoms with Crippen molar-refractivity contribution in [2.24, 2.45) is 0 Å². The Hall–Kier alpha value is -1.48. The molecule has 1 aromatic carbocycles. The molecule has 0 spiro atoms. The summed E-state index contributed by atoms with van der Waals surface area (Å²) in [6.07, 6.45) is 1.52. The topological polar surface area (TPSA) is 53.1 Å². The van der Waals surface area contributed by atoms with Crippen molar-refractivity contribution in [2.45, 2.75) is 18.8 Å². The number of benzene rings is 1. The molecule has 1 heterocycles. The maximum Gasteiger partial charge on any atom is 0.312 e. The van der Waals surface area contributed by atoms with E-state index in [1.54, 1.807) is 0 Å². The van der Waals surface area contributed by atoms with Crippen LogP contribution in [-0.4, -0.2) is 16.1 Å². The van der Waals surface area contributed by atoms with E-state index >= 15 is 0 Å². The van der Waals surface area contributed by atoms with E-state index in [1.165, 1.54) is 0 Å². The van der Waals surface area contributed by atoms with Crippen LogP contribution in [0.25, 0.3) is 10.9 Å². The SMILES string of the molecule is O=C(O)C1CCc2c1[nH]c1cc(Cl)ccc21. The smallest absolute Gasteiger partial charge is 0.312 e. The maximum atomic E-state index is 11.1. The fourth-order valence-corrected chi connectivity index (χ4v) is 2.67. The van der Waals surface area contributed by atoms with Gasteiger partial charge in [0, 0.05) is 21.6 Å². The lowest BCUT2D eigenvalue weighted by molar-refractivity contribution is -0.138. The number of carboxylic acid groups (broad SMARTS) is 1. The molecule has 1 unspecified atom stereocenters. The van der Waals surface area contributed by atoms with Gasteiger partial charge < -0.3 is 10.1 Å². The van der Waals surface area contributed by atoms with Crippen molar-refractivity contribution in [3.05, 3.63) is 34.5 Å². The van der Waals surface area contributed by atoms with Crippen LogP contribution in [0.5, 0.6) is 0 Å². The number of fused-ring (bicyclic) bond motifs is 3. The van der Waals surface area contributed by atoms with Gasteiger partial charge in [-0.25, -0.2) is 0 Å². The normalized spacial score (nSPS) is 18.9. The van der Waals surface area contributed by atoms with Crippen LogP contribution in [-0.2, 0) is 11.2 Å². The zero-order valence-corrected chi connectivity index (χ0v) is 9.21. The number of rotatable bonds is 1. The molecule has 0 amide bonds. The number of nitrogens with one attached hydrogen (secondary N) is 1. The highest BCUT2D eigenvalue weighted by Gasteiger charge is 2.31. The highest BCUT2D eigenvalue weighted by molar-refractivity contribution is 6.31. The molecule has 2 N–H and O–H groups in total. The fourth-order valence-electron chi connectivity index (χ4n) is 2.50. The molecule has 2 aromatic rings. The summed E-state index contributed by atoms with van der Waals surface area (Å²) >= 11 is 5.90. The Labute approximate surface area is 97.0 Å². The predicted molar refractivity (Wildman–Crippen MR) is 62.0 cm³/mol. The molecule has 4 heteroatoms. The first kappa shape index (κ1) is 9.73. The Bertz CT molecular complexity index is 588. The average Bonchev–Trinajstić information content (AvgIpc) is 2.74. The summed E-state index contributed by atoms with van der Waals surface area (Å²) in [6, 6.07) is 5.64. The number of aryl methyl sites for hydroxylation is 1. The quantitative estimate of drug-likeness (QED) is 0.799. The molecule has 16 heavy (non-hydrogen) atoms. The number of hydrogen-bond acceptors (Lipinski definition) is 1. The molecule has 1 atom stereocenters. The van der Waals surface area contributed by atoms with Crippen molar-refractivity contribution in [1.29, 1.82) is 0 Å². The third kappa shape index (κ3) is 1.25. The Morgan fingerprint density at radius 2 is 2.31 bits per heavy atom. The number of halogens is 1. The van der Waals surface area contributed by atoms with Crippen molar-refractivity contribution in [3.8, 4) is 0 Å². The van der Waals surface area contributed by atoms with Crippen LogP contribution < -0.4 is 0 Å². The highest BCUT2D eigenvalue weighted by Crippen LogP contribution is 2.38. The second-order valence-corrected chi connectivity index (χ2v) is 4.57. The molecular weight excluding hydrogens is 226 g/mol. The Morgan fingerprint density at radius 3 is 3.06 bits per heavy atom. The zero-order chi connectivity index (χ0) is 11.3. The largest absolute Gasteiger partial charge is 0.481 e. The predicted octanol–water partition coefficient (Wildman–Crippen LogP) is 2.94. The molecule has 1 aromatic heterocycles. The molecule has 0 fully saturated rings. The van der Waals surface area contributed by atoms with Crippen LogP contribution in [0.4, 0.5) is 0 Å². The molecule has 0 saturated heterocycles. The molecule has 0 saturated carbocycles. The molecule has 0 aliphatic heterocycles. The summed E-state index contributed by atoms with van der Waals surface area (Å²) in [6.45, 7) is 0. The number of carbonyl (C=O) groups is 1. The first-order chi connectivity index (χ1) is 7.66. The van der Waals surface area contributed by atoms with Gasteiger partial charge in [0.2, 0.25) is 0 Å². The molecule has 1 aliphatic rings. The lowest BCUT2D eigenvalue weighted by atomic mass is 10.1.